The molecule has 1 saturated heterocycles. The van der Waals surface area contributed by atoms with E-state index in [1.165, 1.54) is 24.3 Å². The van der Waals surface area contributed by atoms with Crippen LogP contribution in [-0.2, 0) is 10.0 Å². The quantitative estimate of drug-likeness (QED) is 0.654. The molecule has 2 N–H and O–H groups in total. The van der Waals surface area contributed by atoms with Gasteiger partial charge in [0.25, 0.3) is 5.91 Å². The number of carbonyl (C=O) groups is 1. The molecule has 0 bridgehead atoms. The van der Waals surface area contributed by atoms with E-state index in [0.29, 0.717) is 17.7 Å². The second kappa shape index (κ2) is 10.3. The fraction of sp³-hybridized carbons (Fsp3) is 0.435. The highest BCUT2D eigenvalue weighted by molar-refractivity contribution is 7.89. The van der Waals surface area contributed by atoms with Crippen molar-refractivity contribution in [1.29, 1.82) is 0 Å². The smallest absolute Gasteiger partial charge is 0.255 e. The predicted octanol–water partition coefficient (Wildman–Crippen LogP) is 3.16. The van der Waals surface area contributed by atoms with Crippen molar-refractivity contribution in [2.75, 3.05) is 42.9 Å². The van der Waals surface area contributed by atoms with Crippen molar-refractivity contribution in [3.8, 4) is 0 Å². The number of hydrogen-bond acceptors (Lipinski definition) is 5. The number of piperazine rings is 1. The lowest BCUT2D eigenvalue weighted by Crippen LogP contribution is -2.46. The Balaban J connectivity index is 1.60. The molecule has 0 spiro atoms. The number of carbonyl (C=O) groups excluding carboxylic acids is 1. The lowest BCUT2D eigenvalue weighted by molar-refractivity contribution is 0.102. The summed E-state index contributed by atoms with van der Waals surface area (Å²) in [6.07, 6.45) is 0.702. The Labute approximate surface area is 185 Å². The fourth-order valence-electron chi connectivity index (χ4n) is 3.48. The second-order valence-corrected chi connectivity index (χ2v) is 9.59. The van der Waals surface area contributed by atoms with Crippen molar-refractivity contribution < 1.29 is 13.2 Å². The van der Waals surface area contributed by atoms with E-state index in [2.05, 4.69) is 26.8 Å². The Hall–Kier alpha value is -2.42. The highest BCUT2D eigenvalue weighted by Crippen LogP contribution is 2.20. The standard InChI is InChI=1S/C23H32N4O3S/c1-4-18(3)25-31(29,30)22-12-6-19(7-13-22)23(28)24-20-8-10-21(11-9-20)27-16-14-26(5-2)15-17-27/h6-13,18,25H,4-5,14-17H2,1-3H3,(H,24,28). The van der Waals surface area contributed by atoms with Gasteiger partial charge in [0.1, 0.15) is 0 Å². The van der Waals surface area contributed by atoms with Crippen molar-refractivity contribution in [3.05, 3.63) is 54.1 Å². The molecule has 0 radical (unpaired) electrons. The Morgan fingerprint density at radius 1 is 0.968 bits per heavy atom. The number of hydrogen-bond donors (Lipinski definition) is 2. The zero-order chi connectivity index (χ0) is 22.4. The van der Waals surface area contributed by atoms with E-state index in [1.54, 1.807) is 0 Å². The van der Waals surface area contributed by atoms with Gasteiger partial charge < -0.3 is 15.1 Å². The van der Waals surface area contributed by atoms with E-state index in [0.717, 1.165) is 38.4 Å². The first-order valence-corrected chi connectivity index (χ1v) is 12.3. The number of amides is 1. The maximum Gasteiger partial charge on any atom is 0.255 e. The first-order chi connectivity index (χ1) is 14.8. The Bertz CT molecular complexity index is 967. The minimum absolute atomic E-state index is 0.147. The second-order valence-electron chi connectivity index (χ2n) is 7.88. The van der Waals surface area contributed by atoms with Gasteiger partial charge in [-0.25, -0.2) is 13.1 Å². The normalized spacial score (nSPS) is 16.2. The third-order valence-corrected chi connectivity index (χ3v) is 7.31. The van der Waals surface area contributed by atoms with Crippen LogP contribution in [0.1, 0.15) is 37.6 Å². The largest absolute Gasteiger partial charge is 0.369 e. The van der Waals surface area contributed by atoms with Gasteiger partial charge in [-0.2, -0.15) is 0 Å². The molecule has 1 fully saturated rings. The summed E-state index contributed by atoms with van der Waals surface area (Å²) in [4.78, 5) is 17.5. The third-order valence-electron chi connectivity index (χ3n) is 5.71. The van der Waals surface area contributed by atoms with E-state index in [4.69, 9.17) is 0 Å². The average Bonchev–Trinajstić information content (AvgIpc) is 2.79. The van der Waals surface area contributed by atoms with Gasteiger partial charge in [-0.05, 0) is 68.4 Å². The van der Waals surface area contributed by atoms with Gasteiger partial charge in [-0.15, -0.1) is 0 Å². The van der Waals surface area contributed by atoms with Crippen LogP contribution in [0.3, 0.4) is 0 Å². The van der Waals surface area contributed by atoms with E-state index in [9.17, 15) is 13.2 Å². The minimum Gasteiger partial charge on any atom is -0.369 e. The molecule has 7 nitrogen and oxygen atoms in total. The van der Waals surface area contributed by atoms with Crippen molar-refractivity contribution in [2.45, 2.75) is 38.1 Å². The van der Waals surface area contributed by atoms with Gasteiger partial charge in [-0.1, -0.05) is 13.8 Å². The summed E-state index contributed by atoms with van der Waals surface area (Å²) < 4.78 is 27.3. The van der Waals surface area contributed by atoms with Crippen LogP contribution in [0.2, 0.25) is 0 Å². The molecule has 168 valence electrons. The molecule has 0 aliphatic carbocycles. The van der Waals surface area contributed by atoms with E-state index in [1.807, 2.05) is 38.1 Å². The van der Waals surface area contributed by atoms with Gasteiger partial charge in [0.15, 0.2) is 0 Å². The number of nitrogens with one attached hydrogen (secondary N) is 2. The first-order valence-electron chi connectivity index (χ1n) is 10.8. The van der Waals surface area contributed by atoms with Crippen LogP contribution in [0, 0.1) is 0 Å². The average molecular weight is 445 g/mol. The predicted molar refractivity (Wildman–Crippen MR) is 125 cm³/mol. The van der Waals surface area contributed by atoms with E-state index < -0.39 is 10.0 Å². The number of benzene rings is 2. The van der Waals surface area contributed by atoms with Gasteiger partial charge in [0.2, 0.25) is 10.0 Å². The molecule has 8 heteroatoms. The molecule has 1 heterocycles. The molecule has 1 aliphatic heterocycles. The van der Waals surface area contributed by atoms with Crippen molar-refractivity contribution in [3.63, 3.8) is 0 Å². The fourth-order valence-corrected chi connectivity index (χ4v) is 4.81. The molecule has 0 aromatic heterocycles. The molecule has 1 unspecified atom stereocenters. The van der Waals surface area contributed by atoms with Crippen molar-refractivity contribution in [2.24, 2.45) is 0 Å². The van der Waals surface area contributed by atoms with Crippen LogP contribution in [0.4, 0.5) is 11.4 Å². The monoisotopic (exact) mass is 444 g/mol. The van der Waals surface area contributed by atoms with Crippen molar-refractivity contribution in [1.82, 2.24) is 9.62 Å². The molecular formula is C23H32N4O3S. The summed E-state index contributed by atoms with van der Waals surface area (Å²) in [5.41, 5.74) is 2.26. The van der Waals surface area contributed by atoms with Crippen LogP contribution in [0.15, 0.2) is 53.4 Å². The maximum atomic E-state index is 12.6. The number of likely N-dealkylation sites (N-methyl/N-ethyl adjacent to an activating group) is 1. The number of rotatable bonds is 8. The number of anilines is 2. The van der Waals surface area contributed by atoms with E-state index >= 15 is 0 Å². The Morgan fingerprint density at radius 3 is 2.13 bits per heavy atom. The van der Waals surface area contributed by atoms with Gasteiger partial charge in [-0.3, -0.25) is 4.79 Å². The van der Waals surface area contributed by atoms with Crippen LogP contribution >= 0.6 is 0 Å². The molecular weight excluding hydrogens is 412 g/mol. The molecule has 31 heavy (non-hydrogen) atoms. The summed E-state index contributed by atoms with van der Waals surface area (Å²) >= 11 is 0. The summed E-state index contributed by atoms with van der Waals surface area (Å²) in [5, 5.41) is 2.87. The summed E-state index contributed by atoms with van der Waals surface area (Å²) in [7, 11) is -3.58. The van der Waals surface area contributed by atoms with Gasteiger partial charge in [0.05, 0.1) is 4.90 Å². The molecule has 1 aliphatic rings. The highest BCUT2D eigenvalue weighted by atomic mass is 32.2. The summed E-state index contributed by atoms with van der Waals surface area (Å²) in [5.74, 6) is -0.275. The molecule has 1 amide bonds. The van der Waals surface area contributed by atoms with Crippen LogP contribution < -0.4 is 14.9 Å². The third kappa shape index (κ3) is 6.06. The zero-order valence-corrected chi connectivity index (χ0v) is 19.3. The molecule has 3 rings (SSSR count). The van der Waals surface area contributed by atoms with Gasteiger partial charge in [0, 0.05) is 49.2 Å². The molecule has 2 aromatic carbocycles. The summed E-state index contributed by atoms with van der Waals surface area (Å²) in [6, 6.07) is 13.7. The molecule has 0 saturated carbocycles. The SMILES string of the molecule is CCC(C)NS(=O)(=O)c1ccc(C(=O)Nc2ccc(N3CCN(CC)CC3)cc2)cc1. The highest BCUT2D eigenvalue weighted by Gasteiger charge is 2.18. The first kappa shape index (κ1) is 23.2. The number of nitrogens with zero attached hydrogens (tertiary/aromatic N) is 2. The lowest BCUT2D eigenvalue weighted by Gasteiger charge is -2.35. The molecule has 1 atom stereocenters. The Kier molecular flexibility index (Phi) is 7.69. The minimum atomic E-state index is -3.58. The Morgan fingerprint density at radius 2 is 1.58 bits per heavy atom. The van der Waals surface area contributed by atoms with Gasteiger partial charge >= 0.3 is 0 Å². The van der Waals surface area contributed by atoms with Crippen LogP contribution in [-0.4, -0.2) is 58.0 Å². The number of sulfonamides is 1. The van der Waals surface area contributed by atoms with Crippen LogP contribution in [0.25, 0.3) is 0 Å². The maximum absolute atomic E-state index is 12.6. The lowest BCUT2D eigenvalue weighted by atomic mass is 10.2. The van der Waals surface area contributed by atoms with E-state index in [-0.39, 0.29) is 16.8 Å². The molecule has 2 aromatic rings. The summed E-state index contributed by atoms with van der Waals surface area (Å²) in [6.45, 7) is 11.1. The topological polar surface area (TPSA) is 81.7 Å². The zero-order valence-electron chi connectivity index (χ0n) is 18.5. The van der Waals surface area contributed by atoms with Crippen LogP contribution in [0.5, 0.6) is 0 Å². The van der Waals surface area contributed by atoms with Crippen molar-refractivity contribution >= 4 is 27.3 Å².